The second kappa shape index (κ2) is 7.45. The summed E-state index contributed by atoms with van der Waals surface area (Å²) in [5.74, 6) is -0.349. The summed E-state index contributed by atoms with van der Waals surface area (Å²) < 4.78 is 34.7. The number of likely N-dealkylation sites (N-methyl/N-ethyl adjacent to an activating group) is 1. The van der Waals surface area contributed by atoms with E-state index in [1.807, 2.05) is 0 Å². The van der Waals surface area contributed by atoms with Crippen molar-refractivity contribution >= 4 is 11.6 Å². The molecule has 128 valence electrons. The Kier molecular flexibility index (Phi) is 5.59. The van der Waals surface area contributed by atoms with Crippen molar-refractivity contribution in [2.24, 2.45) is 0 Å². The molecule has 1 heterocycles. The van der Waals surface area contributed by atoms with E-state index in [0.29, 0.717) is 13.1 Å². The average Bonchev–Trinajstić information content (AvgIpc) is 2.54. The number of hydrogen-bond donors (Lipinski definition) is 1. The highest BCUT2D eigenvalue weighted by atomic mass is 19.3. The third-order valence-corrected chi connectivity index (χ3v) is 3.89. The number of carbonyl (C=O) groups excluding carboxylic acids is 1. The molecule has 1 aliphatic heterocycles. The molecule has 2 rings (SSSR count). The number of hydrogen-bond acceptors (Lipinski definition) is 5. The van der Waals surface area contributed by atoms with Crippen LogP contribution in [0.4, 0.5) is 14.5 Å². The highest BCUT2D eigenvalue weighted by Gasteiger charge is 2.26. The van der Waals surface area contributed by atoms with Crippen molar-refractivity contribution < 1.29 is 23.0 Å². The molecule has 0 bridgehead atoms. The summed E-state index contributed by atoms with van der Waals surface area (Å²) in [5.41, 5.74) is 5.87. The van der Waals surface area contributed by atoms with Gasteiger partial charge in [0.25, 0.3) is 5.91 Å². The topological polar surface area (TPSA) is 68.0 Å². The Hall–Kier alpha value is -2.09. The van der Waals surface area contributed by atoms with Crippen LogP contribution in [0.1, 0.15) is 17.3 Å². The summed E-state index contributed by atoms with van der Waals surface area (Å²) in [7, 11) is 1.40. The molecule has 23 heavy (non-hydrogen) atoms. The first-order valence-corrected chi connectivity index (χ1v) is 7.40. The van der Waals surface area contributed by atoms with Crippen LogP contribution in [0.25, 0.3) is 0 Å². The van der Waals surface area contributed by atoms with Crippen molar-refractivity contribution in [1.82, 2.24) is 9.80 Å². The number of halogens is 2. The van der Waals surface area contributed by atoms with E-state index in [4.69, 9.17) is 10.5 Å². The van der Waals surface area contributed by atoms with Crippen molar-refractivity contribution in [3.05, 3.63) is 17.7 Å². The lowest BCUT2D eigenvalue weighted by molar-refractivity contribution is -0.0503. The van der Waals surface area contributed by atoms with Gasteiger partial charge in [0.1, 0.15) is 11.5 Å². The number of ether oxygens (including phenoxy) is 2. The number of nitrogen functional groups attached to an aromatic ring is 1. The maximum absolute atomic E-state index is 12.7. The van der Waals surface area contributed by atoms with Crippen LogP contribution in [0, 0.1) is 0 Å². The quantitative estimate of drug-likeness (QED) is 0.832. The van der Waals surface area contributed by atoms with Gasteiger partial charge in [-0.25, -0.2) is 0 Å². The number of carbonyl (C=O) groups is 1. The van der Waals surface area contributed by atoms with E-state index in [0.717, 1.165) is 19.6 Å². The van der Waals surface area contributed by atoms with Gasteiger partial charge in [-0.05, 0) is 12.6 Å². The Labute approximate surface area is 133 Å². The highest BCUT2D eigenvalue weighted by Crippen LogP contribution is 2.32. The molecule has 0 unspecified atom stereocenters. The first-order chi connectivity index (χ1) is 11.0. The maximum atomic E-state index is 12.7. The normalized spacial score (nSPS) is 15.8. The SMILES string of the molecule is CCN1CCN(C(=O)c2cc(OC)c(N)cc2OC(F)F)CC1. The first-order valence-electron chi connectivity index (χ1n) is 7.40. The molecule has 8 heteroatoms. The van der Waals surface area contributed by atoms with Gasteiger partial charge in [-0.1, -0.05) is 6.92 Å². The molecular weight excluding hydrogens is 308 g/mol. The van der Waals surface area contributed by atoms with Crippen molar-refractivity contribution in [3.63, 3.8) is 0 Å². The van der Waals surface area contributed by atoms with E-state index < -0.39 is 6.61 Å². The minimum atomic E-state index is -3.04. The molecule has 0 atom stereocenters. The van der Waals surface area contributed by atoms with Crippen LogP contribution < -0.4 is 15.2 Å². The number of anilines is 1. The number of rotatable bonds is 5. The standard InChI is InChI=1S/C15H21F2N3O3/c1-3-19-4-6-20(7-5-19)14(21)10-8-13(22-2)11(18)9-12(10)23-15(16)17/h8-9,15H,3-7,18H2,1-2H3. The summed E-state index contributed by atoms with van der Waals surface area (Å²) in [5, 5.41) is 0. The molecule has 1 aliphatic rings. The molecule has 0 spiro atoms. The summed E-state index contributed by atoms with van der Waals surface area (Å²) in [6.07, 6.45) is 0. The molecular formula is C15H21F2N3O3. The number of amides is 1. The minimum Gasteiger partial charge on any atom is -0.495 e. The van der Waals surface area contributed by atoms with Gasteiger partial charge in [0.15, 0.2) is 0 Å². The monoisotopic (exact) mass is 329 g/mol. The molecule has 2 N–H and O–H groups in total. The van der Waals surface area contributed by atoms with E-state index >= 15 is 0 Å². The van der Waals surface area contributed by atoms with Crippen LogP contribution in [0.3, 0.4) is 0 Å². The second-order valence-electron chi connectivity index (χ2n) is 5.20. The van der Waals surface area contributed by atoms with Crippen molar-refractivity contribution in [3.8, 4) is 11.5 Å². The smallest absolute Gasteiger partial charge is 0.387 e. The maximum Gasteiger partial charge on any atom is 0.387 e. The lowest BCUT2D eigenvalue weighted by Gasteiger charge is -2.34. The molecule has 0 saturated carbocycles. The zero-order valence-electron chi connectivity index (χ0n) is 13.2. The predicted octanol–water partition coefficient (Wildman–Crippen LogP) is 1.66. The zero-order chi connectivity index (χ0) is 17.0. The second-order valence-corrected chi connectivity index (χ2v) is 5.20. The number of methoxy groups -OCH3 is 1. The Bertz CT molecular complexity index is 561. The Morgan fingerprint density at radius 2 is 1.91 bits per heavy atom. The number of alkyl halides is 2. The van der Waals surface area contributed by atoms with Gasteiger partial charge in [0.05, 0.1) is 18.4 Å². The number of nitrogens with zero attached hydrogens (tertiary/aromatic N) is 2. The fourth-order valence-electron chi connectivity index (χ4n) is 2.55. The molecule has 1 fully saturated rings. The fourth-order valence-corrected chi connectivity index (χ4v) is 2.55. The van der Waals surface area contributed by atoms with Gasteiger partial charge < -0.3 is 25.0 Å². The molecule has 0 aromatic heterocycles. The van der Waals surface area contributed by atoms with Gasteiger partial charge in [-0.2, -0.15) is 8.78 Å². The predicted molar refractivity (Wildman–Crippen MR) is 82.1 cm³/mol. The number of piperazine rings is 1. The van der Waals surface area contributed by atoms with E-state index in [9.17, 15) is 13.6 Å². The molecule has 6 nitrogen and oxygen atoms in total. The summed E-state index contributed by atoms with van der Waals surface area (Å²) in [6.45, 7) is 2.50. The van der Waals surface area contributed by atoms with Gasteiger partial charge in [0.2, 0.25) is 0 Å². The number of benzene rings is 1. The van der Waals surface area contributed by atoms with Crippen LogP contribution in [-0.4, -0.2) is 62.2 Å². The summed E-state index contributed by atoms with van der Waals surface area (Å²) in [6, 6.07) is 2.54. The Morgan fingerprint density at radius 3 is 2.43 bits per heavy atom. The van der Waals surface area contributed by atoms with Gasteiger partial charge >= 0.3 is 6.61 Å². The lowest BCUT2D eigenvalue weighted by Crippen LogP contribution is -2.48. The van der Waals surface area contributed by atoms with Crippen molar-refractivity contribution in [1.29, 1.82) is 0 Å². The molecule has 1 amide bonds. The van der Waals surface area contributed by atoms with Crippen molar-refractivity contribution in [2.45, 2.75) is 13.5 Å². The third-order valence-electron chi connectivity index (χ3n) is 3.89. The Balaban J connectivity index is 2.27. The number of nitrogens with two attached hydrogens (primary N) is 1. The van der Waals surface area contributed by atoms with Crippen LogP contribution >= 0.6 is 0 Å². The Morgan fingerprint density at radius 1 is 1.26 bits per heavy atom. The molecule has 0 radical (unpaired) electrons. The van der Waals surface area contributed by atoms with E-state index in [2.05, 4.69) is 16.6 Å². The van der Waals surface area contributed by atoms with Crippen molar-refractivity contribution in [2.75, 3.05) is 45.6 Å². The van der Waals surface area contributed by atoms with Gasteiger partial charge in [0, 0.05) is 32.2 Å². The minimum absolute atomic E-state index is 0.0290. The van der Waals surface area contributed by atoms with E-state index in [1.165, 1.54) is 19.2 Å². The van der Waals surface area contributed by atoms with E-state index in [1.54, 1.807) is 4.90 Å². The van der Waals surface area contributed by atoms with Gasteiger partial charge in [-0.3, -0.25) is 4.79 Å². The third kappa shape index (κ3) is 4.01. The first kappa shape index (κ1) is 17.3. The molecule has 1 aromatic carbocycles. The van der Waals surface area contributed by atoms with Crippen LogP contribution in [0.5, 0.6) is 11.5 Å². The summed E-state index contributed by atoms with van der Waals surface area (Å²) in [4.78, 5) is 16.5. The lowest BCUT2D eigenvalue weighted by atomic mass is 10.1. The fraction of sp³-hybridized carbons (Fsp3) is 0.533. The zero-order valence-corrected chi connectivity index (χ0v) is 13.2. The van der Waals surface area contributed by atoms with Gasteiger partial charge in [-0.15, -0.1) is 0 Å². The van der Waals surface area contributed by atoms with Crippen LogP contribution in [0.2, 0.25) is 0 Å². The molecule has 1 aromatic rings. The van der Waals surface area contributed by atoms with Crippen LogP contribution in [0.15, 0.2) is 12.1 Å². The largest absolute Gasteiger partial charge is 0.495 e. The average molecular weight is 329 g/mol. The molecule has 0 aliphatic carbocycles. The molecule has 1 saturated heterocycles. The van der Waals surface area contributed by atoms with Crippen LogP contribution in [-0.2, 0) is 0 Å². The van der Waals surface area contributed by atoms with E-state index in [-0.39, 0.29) is 28.7 Å². The highest BCUT2D eigenvalue weighted by molar-refractivity contribution is 5.98. The summed E-state index contributed by atoms with van der Waals surface area (Å²) >= 11 is 0.